The SMILES string of the molecule is COc1ccc(C(=O)N(C)Cc2ccc(Cl)c(Cl)c2)cc1[N+](=O)[O-]. The van der Waals surface area contributed by atoms with E-state index in [0.717, 1.165) is 5.56 Å². The summed E-state index contributed by atoms with van der Waals surface area (Å²) >= 11 is 11.8. The minimum Gasteiger partial charge on any atom is -0.490 e. The number of hydrogen-bond acceptors (Lipinski definition) is 4. The van der Waals surface area contributed by atoms with Crippen LogP contribution in [0, 0.1) is 10.1 Å². The van der Waals surface area contributed by atoms with E-state index in [-0.39, 0.29) is 29.5 Å². The van der Waals surface area contributed by atoms with Crippen molar-refractivity contribution in [3.63, 3.8) is 0 Å². The molecule has 24 heavy (non-hydrogen) atoms. The lowest BCUT2D eigenvalue weighted by Crippen LogP contribution is -2.26. The molecule has 8 heteroatoms. The van der Waals surface area contributed by atoms with Crippen molar-refractivity contribution >= 4 is 34.8 Å². The summed E-state index contributed by atoms with van der Waals surface area (Å²) in [6.45, 7) is 0.287. The van der Waals surface area contributed by atoms with Crippen molar-refractivity contribution < 1.29 is 14.5 Å². The molecule has 0 aliphatic carbocycles. The second-order valence-corrected chi connectivity index (χ2v) is 5.87. The van der Waals surface area contributed by atoms with Crippen LogP contribution < -0.4 is 4.74 Å². The molecule has 0 unspecified atom stereocenters. The van der Waals surface area contributed by atoms with E-state index in [1.54, 1.807) is 25.2 Å². The summed E-state index contributed by atoms with van der Waals surface area (Å²) < 4.78 is 4.93. The maximum absolute atomic E-state index is 12.5. The zero-order chi connectivity index (χ0) is 17.9. The van der Waals surface area contributed by atoms with E-state index in [2.05, 4.69) is 0 Å². The summed E-state index contributed by atoms with van der Waals surface area (Å²) in [7, 11) is 2.93. The van der Waals surface area contributed by atoms with Crippen LogP contribution in [-0.2, 0) is 6.54 Å². The zero-order valence-electron chi connectivity index (χ0n) is 13.0. The topological polar surface area (TPSA) is 72.7 Å². The van der Waals surface area contributed by atoms with Gasteiger partial charge in [-0.05, 0) is 29.8 Å². The lowest BCUT2D eigenvalue weighted by atomic mass is 10.1. The summed E-state index contributed by atoms with van der Waals surface area (Å²) in [6.07, 6.45) is 0. The number of nitro groups is 1. The molecule has 0 bridgehead atoms. The number of carbonyl (C=O) groups excluding carboxylic acids is 1. The van der Waals surface area contributed by atoms with Crippen molar-refractivity contribution in [2.24, 2.45) is 0 Å². The number of carbonyl (C=O) groups is 1. The second-order valence-electron chi connectivity index (χ2n) is 5.05. The van der Waals surface area contributed by atoms with Gasteiger partial charge in [0.05, 0.1) is 22.1 Å². The Bertz CT molecular complexity index is 796. The number of benzene rings is 2. The maximum Gasteiger partial charge on any atom is 0.311 e. The fraction of sp³-hybridized carbons (Fsp3) is 0.188. The highest BCUT2D eigenvalue weighted by atomic mass is 35.5. The summed E-state index contributed by atoms with van der Waals surface area (Å²) in [5, 5.41) is 11.9. The van der Waals surface area contributed by atoms with Gasteiger partial charge in [-0.1, -0.05) is 29.3 Å². The Hall–Kier alpha value is -2.31. The predicted octanol–water partition coefficient (Wildman–Crippen LogP) is 4.18. The quantitative estimate of drug-likeness (QED) is 0.585. The highest BCUT2D eigenvalue weighted by Crippen LogP contribution is 2.28. The number of nitrogens with zero attached hydrogens (tertiary/aromatic N) is 2. The Balaban J connectivity index is 2.22. The molecule has 2 rings (SSSR count). The van der Waals surface area contributed by atoms with Crippen LogP contribution in [0.4, 0.5) is 5.69 Å². The Labute approximate surface area is 148 Å². The number of halogens is 2. The molecule has 0 spiro atoms. The Morgan fingerprint density at radius 3 is 2.50 bits per heavy atom. The van der Waals surface area contributed by atoms with Crippen LogP contribution in [-0.4, -0.2) is 29.9 Å². The van der Waals surface area contributed by atoms with Gasteiger partial charge < -0.3 is 9.64 Å². The van der Waals surface area contributed by atoms with Crippen LogP contribution >= 0.6 is 23.2 Å². The van der Waals surface area contributed by atoms with Gasteiger partial charge >= 0.3 is 5.69 Å². The molecule has 0 saturated carbocycles. The van der Waals surface area contributed by atoms with Gasteiger partial charge in [0.25, 0.3) is 5.91 Å². The number of hydrogen-bond donors (Lipinski definition) is 0. The Morgan fingerprint density at radius 1 is 1.21 bits per heavy atom. The lowest BCUT2D eigenvalue weighted by Gasteiger charge is -2.18. The first-order chi connectivity index (χ1) is 11.3. The summed E-state index contributed by atoms with van der Waals surface area (Å²) in [5.74, 6) is -0.254. The minimum atomic E-state index is -0.589. The van der Waals surface area contributed by atoms with Gasteiger partial charge in [-0.3, -0.25) is 14.9 Å². The summed E-state index contributed by atoms with van der Waals surface area (Å²) in [5.41, 5.74) is 0.736. The molecule has 0 aliphatic heterocycles. The van der Waals surface area contributed by atoms with E-state index >= 15 is 0 Å². The van der Waals surface area contributed by atoms with Gasteiger partial charge in [-0.15, -0.1) is 0 Å². The molecular formula is C16H14Cl2N2O4. The van der Waals surface area contributed by atoms with E-state index in [9.17, 15) is 14.9 Å². The molecule has 1 amide bonds. The van der Waals surface area contributed by atoms with Crippen molar-refractivity contribution in [2.45, 2.75) is 6.54 Å². The van der Waals surface area contributed by atoms with Gasteiger partial charge in [0.2, 0.25) is 0 Å². The molecule has 0 heterocycles. The number of nitro benzene ring substituents is 1. The van der Waals surface area contributed by atoms with Crippen molar-refractivity contribution in [3.05, 3.63) is 67.7 Å². The molecule has 6 nitrogen and oxygen atoms in total. The average Bonchev–Trinajstić information content (AvgIpc) is 2.56. The van der Waals surface area contributed by atoms with Crippen molar-refractivity contribution in [2.75, 3.05) is 14.2 Å². The number of methoxy groups -OCH3 is 1. The van der Waals surface area contributed by atoms with Crippen LogP contribution in [0.25, 0.3) is 0 Å². The standard InChI is InChI=1S/C16H14Cl2N2O4/c1-19(9-10-3-5-12(17)13(18)7-10)16(21)11-4-6-15(24-2)14(8-11)20(22)23/h3-8H,9H2,1-2H3. The van der Waals surface area contributed by atoms with Crippen LogP contribution in [0.15, 0.2) is 36.4 Å². The zero-order valence-corrected chi connectivity index (χ0v) is 14.5. The molecule has 2 aromatic rings. The highest BCUT2D eigenvalue weighted by Gasteiger charge is 2.20. The molecule has 2 aromatic carbocycles. The molecule has 0 N–H and O–H groups in total. The molecule has 126 valence electrons. The molecular weight excluding hydrogens is 355 g/mol. The highest BCUT2D eigenvalue weighted by molar-refractivity contribution is 6.42. The maximum atomic E-state index is 12.5. The fourth-order valence-electron chi connectivity index (χ4n) is 2.17. The van der Waals surface area contributed by atoms with Gasteiger partial charge in [-0.25, -0.2) is 0 Å². The molecule has 0 saturated heterocycles. The molecule has 0 aliphatic rings. The smallest absolute Gasteiger partial charge is 0.311 e. The van der Waals surface area contributed by atoms with Gasteiger partial charge in [0.15, 0.2) is 5.75 Å². The van der Waals surface area contributed by atoms with E-state index in [1.807, 2.05) is 0 Å². The van der Waals surface area contributed by atoms with Gasteiger partial charge in [0, 0.05) is 25.2 Å². The largest absolute Gasteiger partial charge is 0.490 e. The number of amides is 1. The molecule has 0 radical (unpaired) electrons. The van der Waals surface area contributed by atoms with Crippen LogP contribution in [0.2, 0.25) is 10.0 Å². The molecule has 0 atom stereocenters. The van der Waals surface area contributed by atoms with E-state index in [1.165, 1.54) is 30.2 Å². The lowest BCUT2D eigenvalue weighted by molar-refractivity contribution is -0.385. The van der Waals surface area contributed by atoms with Gasteiger partial charge in [-0.2, -0.15) is 0 Å². The van der Waals surface area contributed by atoms with Gasteiger partial charge in [0.1, 0.15) is 0 Å². The summed E-state index contributed by atoms with van der Waals surface area (Å²) in [4.78, 5) is 24.4. The predicted molar refractivity (Wildman–Crippen MR) is 91.9 cm³/mol. The van der Waals surface area contributed by atoms with Crippen LogP contribution in [0.1, 0.15) is 15.9 Å². The van der Waals surface area contributed by atoms with Crippen LogP contribution in [0.5, 0.6) is 5.75 Å². The molecule has 0 fully saturated rings. The van der Waals surface area contributed by atoms with Crippen LogP contribution in [0.3, 0.4) is 0 Å². The molecule has 0 aromatic heterocycles. The van der Waals surface area contributed by atoms with E-state index in [4.69, 9.17) is 27.9 Å². The third-order valence-corrected chi connectivity index (χ3v) is 4.11. The first kappa shape index (κ1) is 18.0. The average molecular weight is 369 g/mol. The Kier molecular flexibility index (Phi) is 5.64. The first-order valence-corrected chi connectivity index (χ1v) is 7.61. The first-order valence-electron chi connectivity index (χ1n) is 6.85. The number of rotatable bonds is 5. The fourth-order valence-corrected chi connectivity index (χ4v) is 2.49. The normalized spacial score (nSPS) is 10.3. The van der Waals surface area contributed by atoms with E-state index in [0.29, 0.717) is 10.0 Å². The Morgan fingerprint density at radius 2 is 1.92 bits per heavy atom. The van der Waals surface area contributed by atoms with Crippen molar-refractivity contribution in [1.29, 1.82) is 0 Å². The number of ether oxygens (including phenoxy) is 1. The monoisotopic (exact) mass is 368 g/mol. The third-order valence-electron chi connectivity index (χ3n) is 3.37. The summed E-state index contributed by atoms with van der Waals surface area (Å²) in [6, 6.07) is 9.17. The minimum absolute atomic E-state index is 0.101. The third kappa shape index (κ3) is 3.96. The second kappa shape index (κ2) is 7.51. The van der Waals surface area contributed by atoms with Crippen molar-refractivity contribution in [1.82, 2.24) is 4.90 Å². The van der Waals surface area contributed by atoms with E-state index < -0.39 is 4.92 Å². The van der Waals surface area contributed by atoms with Crippen molar-refractivity contribution in [3.8, 4) is 5.75 Å².